The molecule has 0 aliphatic heterocycles. The van der Waals surface area contributed by atoms with Crippen molar-refractivity contribution in [1.82, 2.24) is 0 Å². The quantitative estimate of drug-likeness (QED) is 0.672. The van der Waals surface area contributed by atoms with E-state index in [1.807, 2.05) is 0 Å². The predicted octanol–water partition coefficient (Wildman–Crippen LogP) is 3.88. The van der Waals surface area contributed by atoms with Gasteiger partial charge in [-0.1, -0.05) is 23.7 Å². The van der Waals surface area contributed by atoms with Crippen LogP contribution >= 0.6 is 11.6 Å². The van der Waals surface area contributed by atoms with Crippen LogP contribution in [0.3, 0.4) is 0 Å². The van der Waals surface area contributed by atoms with E-state index in [4.69, 9.17) is 16.3 Å². The maximum Gasteiger partial charge on any atom is 0.276 e. The fourth-order valence-corrected chi connectivity index (χ4v) is 2.07. The summed E-state index contributed by atoms with van der Waals surface area (Å²) in [6.45, 7) is 1.68. The minimum Gasteiger partial charge on any atom is -0.489 e. The van der Waals surface area contributed by atoms with E-state index in [9.17, 15) is 15.2 Å². The lowest BCUT2D eigenvalue weighted by molar-refractivity contribution is -0.385. The number of benzene rings is 2. The zero-order valence-corrected chi connectivity index (χ0v) is 12.1. The molecule has 2 rings (SSSR count). The van der Waals surface area contributed by atoms with Crippen molar-refractivity contribution in [2.24, 2.45) is 0 Å². The molecule has 1 N–H and O–H groups in total. The van der Waals surface area contributed by atoms with Gasteiger partial charge >= 0.3 is 0 Å². The lowest BCUT2D eigenvalue weighted by Gasteiger charge is -2.10. The van der Waals surface area contributed by atoms with Crippen molar-refractivity contribution < 1.29 is 14.8 Å². The fraction of sp³-hybridized carbons (Fsp3) is 0.200. The number of halogens is 1. The molecule has 0 aliphatic rings. The van der Waals surface area contributed by atoms with Crippen molar-refractivity contribution in [2.75, 3.05) is 0 Å². The van der Waals surface area contributed by atoms with Crippen LogP contribution in [-0.4, -0.2) is 10.0 Å². The number of nitrogens with zero attached hydrogens (tertiary/aromatic N) is 1. The number of aliphatic hydroxyl groups is 1. The number of nitro groups is 1. The Labute approximate surface area is 126 Å². The average molecular weight is 308 g/mol. The predicted molar refractivity (Wildman–Crippen MR) is 79.5 cm³/mol. The molecule has 21 heavy (non-hydrogen) atoms. The van der Waals surface area contributed by atoms with Crippen LogP contribution in [0.1, 0.15) is 24.2 Å². The molecule has 0 bridgehead atoms. The molecule has 0 unspecified atom stereocenters. The first-order valence-electron chi connectivity index (χ1n) is 6.31. The van der Waals surface area contributed by atoms with Gasteiger partial charge in [0.15, 0.2) is 0 Å². The Hall–Kier alpha value is -2.11. The van der Waals surface area contributed by atoms with Crippen LogP contribution in [0.15, 0.2) is 42.5 Å². The van der Waals surface area contributed by atoms with Crippen LogP contribution in [0.4, 0.5) is 5.69 Å². The second-order valence-electron chi connectivity index (χ2n) is 4.57. The Bertz CT molecular complexity index is 658. The third-order valence-corrected chi connectivity index (χ3v) is 3.21. The lowest BCUT2D eigenvalue weighted by atomic mass is 10.1. The number of ether oxygens (including phenoxy) is 1. The van der Waals surface area contributed by atoms with E-state index in [0.29, 0.717) is 21.9 Å². The monoisotopic (exact) mass is 307 g/mol. The lowest BCUT2D eigenvalue weighted by Crippen LogP contribution is -2.01. The van der Waals surface area contributed by atoms with Crippen molar-refractivity contribution in [2.45, 2.75) is 19.6 Å². The molecule has 2 aromatic carbocycles. The maximum atomic E-state index is 11.0. The first kappa shape index (κ1) is 15.3. The topological polar surface area (TPSA) is 72.6 Å². The van der Waals surface area contributed by atoms with Gasteiger partial charge in [0.25, 0.3) is 5.69 Å². The number of rotatable bonds is 5. The molecule has 0 saturated heterocycles. The normalized spacial score (nSPS) is 12.0. The summed E-state index contributed by atoms with van der Waals surface area (Å²) in [7, 11) is 0. The number of aliphatic hydroxyl groups excluding tert-OH is 1. The Kier molecular flexibility index (Phi) is 4.77. The van der Waals surface area contributed by atoms with Gasteiger partial charge in [-0.25, -0.2) is 0 Å². The fourth-order valence-electron chi connectivity index (χ4n) is 1.87. The summed E-state index contributed by atoms with van der Waals surface area (Å²) in [6.07, 6.45) is -0.603. The molecule has 0 heterocycles. The van der Waals surface area contributed by atoms with Gasteiger partial charge in [-0.05, 0) is 36.8 Å². The van der Waals surface area contributed by atoms with Crippen LogP contribution in [0.5, 0.6) is 5.75 Å². The summed E-state index contributed by atoms with van der Waals surface area (Å²) in [6, 6.07) is 11.3. The zero-order chi connectivity index (χ0) is 15.4. The van der Waals surface area contributed by atoms with Crippen molar-refractivity contribution >= 4 is 17.3 Å². The number of nitro benzene ring substituents is 1. The molecule has 0 spiro atoms. The Morgan fingerprint density at radius 2 is 2.10 bits per heavy atom. The van der Waals surface area contributed by atoms with Gasteiger partial charge in [-0.15, -0.1) is 0 Å². The highest BCUT2D eigenvalue weighted by atomic mass is 35.5. The van der Waals surface area contributed by atoms with Crippen molar-refractivity contribution in [3.63, 3.8) is 0 Å². The summed E-state index contributed by atoms with van der Waals surface area (Å²) in [5.41, 5.74) is 1.08. The smallest absolute Gasteiger partial charge is 0.276 e. The summed E-state index contributed by atoms with van der Waals surface area (Å²) < 4.78 is 5.55. The number of hydrogen-bond acceptors (Lipinski definition) is 4. The van der Waals surface area contributed by atoms with E-state index in [0.717, 1.165) is 0 Å². The number of hydrogen-bond donors (Lipinski definition) is 1. The Morgan fingerprint density at radius 3 is 2.76 bits per heavy atom. The molecule has 6 heteroatoms. The molecule has 0 radical (unpaired) electrons. The molecular weight excluding hydrogens is 294 g/mol. The first-order valence-corrected chi connectivity index (χ1v) is 6.69. The third kappa shape index (κ3) is 3.93. The molecule has 0 aromatic heterocycles. The Morgan fingerprint density at radius 1 is 1.33 bits per heavy atom. The first-order chi connectivity index (χ1) is 9.97. The van der Waals surface area contributed by atoms with Gasteiger partial charge in [0, 0.05) is 11.1 Å². The molecule has 1 atom stereocenters. The van der Waals surface area contributed by atoms with E-state index < -0.39 is 11.0 Å². The van der Waals surface area contributed by atoms with E-state index >= 15 is 0 Å². The van der Waals surface area contributed by atoms with E-state index in [-0.39, 0.29) is 12.3 Å². The maximum absolute atomic E-state index is 11.0. The van der Waals surface area contributed by atoms with Crippen molar-refractivity contribution in [3.8, 4) is 5.75 Å². The van der Waals surface area contributed by atoms with Crippen LogP contribution in [0, 0.1) is 10.1 Å². The summed E-state index contributed by atoms with van der Waals surface area (Å²) in [5.74, 6) is 0.530. The molecule has 0 aliphatic carbocycles. The van der Waals surface area contributed by atoms with E-state index in [1.165, 1.54) is 18.2 Å². The Balaban J connectivity index is 2.18. The summed E-state index contributed by atoms with van der Waals surface area (Å²) in [5, 5.41) is 20.9. The molecule has 110 valence electrons. The van der Waals surface area contributed by atoms with E-state index in [2.05, 4.69) is 0 Å². The van der Waals surface area contributed by atoms with Crippen LogP contribution in [0.2, 0.25) is 5.02 Å². The molecular formula is C15H14ClNO4. The molecule has 0 saturated carbocycles. The van der Waals surface area contributed by atoms with Gasteiger partial charge in [0.1, 0.15) is 12.4 Å². The third-order valence-electron chi connectivity index (χ3n) is 2.97. The minimum absolute atomic E-state index is 0.0279. The molecule has 0 fully saturated rings. The van der Waals surface area contributed by atoms with Gasteiger partial charge < -0.3 is 9.84 Å². The molecule has 5 nitrogen and oxygen atoms in total. The summed E-state index contributed by atoms with van der Waals surface area (Å²) >= 11 is 5.86. The van der Waals surface area contributed by atoms with Gasteiger partial charge in [0.2, 0.25) is 0 Å². The van der Waals surface area contributed by atoms with Crippen molar-refractivity contribution in [3.05, 3.63) is 68.7 Å². The largest absolute Gasteiger partial charge is 0.489 e. The van der Waals surface area contributed by atoms with Crippen LogP contribution in [-0.2, 0) is 6.61 Å². The SMILES string of the molecule is C[C@@H](O)c1cccc(OCc2cc(Cl)ccc2[N+](=O)[O-])c1. The average Bonchev–Trinajstić information content (AvgIpc) is 2.45. The van der Waals surface area contributed by atoms with Gasteiger partial charge in [-0.3, -0.25) is 10.1 Å². The second-order valence-corrected chi connectivity index (χ2v) is 5.00. The highest BCUT2D eigenvalue weighted by molar-refractivity contribution is 6.30. The van der Waals surface area contributed by atoms with Crippen LogP contribution < -0.4 is 4.74 Å². The van der Waals surface area contributed by atoms with Crippen LogP contribution in [0.25, 0.3) is 0 Å². The highest BCUT2D eigenvalue weighted by Gasteiger charge is 2.14. The van der Waals surface area contributed by atoms with Crippen molar-refractivity contribution in [1.29, 1.82) is 0 Å². The standard InChI is InChI=1S/C15H14ClNO4/c1-10(18)11-3-2-4-14(8-11)21-9-12-7-13(16)5-6-15(12)17(19)20/h2-8,10,18H,9H2,1H3/t10-/m1/s1. The molecule has 0 amide bonds. The second kappa shape index (κ2) is 6.56. The molecule has 2 aromatic rings. The minimum atomic E-state index is -0.603. The van der Waals surface area contributed by atoms with Gasteiger partial charge in [0.05, 0.1) is 16.6 Å². The highest BCUT2D eigenvalue weighted by Crippen LogP contribution is 2.25. The zero-order valence-electron chi connectivity index (χ0n) is 11.3. The van der Waals surface area contributed by atoms with E-state index in [1.54, 1.807) is 31.2 Å². The van der Waals surface area contributed by atoms with Gasteiger partial charge in [-0.2, -0.15) is 0 Å². The summed E-state index contributed by atoms with van der Waals surface area (Å²) in [4.78, 5) is 10.5.